The molecule has 0 radical (unpaired) electrons. The minimum absolute atomic E-state index is 0.0527. The minimum Gasteiger partial charge on any atom is -0.321 e. The number of amides is 1. The van der Waals surface area contributed by atoms with Crippen molar-refractivity contribution in [1.29, 1.82) is 5.26 Å². The van der Waals surface area contributed by atoms with Crippen molar-refractivity contribution in [2.75, 3.05) is 5.32 Å². The average Bonchev–Trinajstić information content (AvgIpc) is 2.40. The molecule has 100 valence electrons. The molecule has 0 saturated carbocycles. The molecule has 0 aliphatic heterocycles. The quantitative estimate of drug-likeness (QED) is 0.916. The number of nitrogens with zero attached hydrogens (tertiary/aromatic N) is 1. The second-order valence-electron chi connectivity index (χ2n) is 3.85. The fourth-order valence-electron chi connectivity index (χ4n) is 1.62. The third-order valence-electron chi connectivity index (χ3n) is 2.54. The summed E-state index contributed by atoms with van der Waals surface area (Å²) in [4.78, 5) is 12.0. The lowest BCUT2D eigenvalue weighted by Gasteiger charge is -2.09. The normalized spacial score (nSPS) is 9.90. The zero-order valence-corrected chi connectivity index (χ0v) is 10.7. The van der Waals surface area contributed by atoms with E-state index in [4.69, 9.17) is 16.9 Å². The lowest BCUT2D eigenvalue weighted by molar-refractivity contribution is 0.102. The second kappa shape index (κ2) is 5.68. The van der Waals surface area contributed by atoms with Gasteiger partial charge in [0.1, 0.15) is 17.7 Å². The van der Waals surface area contributed by atoms with Gasteiger partial charge in [-0.15, -0.1) is 0 Å². The third-order valence-corrected chi connectivity index (χ3v) is 2.86. The highest BCUT2D eigenvalue weighted by Crippen LogP contribution is 2.22. The Morgan fingerprint density at radius 1 is 1.25 bits per heavy atom. The Labute approximate surface area is 118 Å². The van der Waals surface area contributed by atoms with Crippen LogP contribution in [0.25, 0.3) is 0 Å². The molecule has 0 fully saturated rings. The third kappa shape index (κ3) is 2.76. The predicted molar refractivity (Wildman–Crippen MR) is 70.5 cm³/mol. The number of anilines is 1. The Kier molecular flexibility index (Phi) is 3.97. The monoisotopic (exact) mass is 292 g/mol. The van der Waals surface area contributed by atoms with E-state index in [2.05, 4.69) is 5.32 Å². The molecule has 0 aromatic heterocycles. The van der Waals surface area contributed by atoms with Crippen molar-refractivity contribution in [2.24, 2.45) is 0 Å². The molecule has 2 aromatic carbocycles. The number of halogens is 3. The summed E-state index contributed by atoms with van der Waals surface area (Å²) in [5.41, 5.74) is -0.314. The molecule has 1 amide bonds. The van der Waals surface area contributed by atoms with Gasteiger partial charge in [0, 0.05) is 0 Å². The van der Waals surface area contributed by atoms with Crippen LogP contribution in [0.15, 0.2) is 36.4 Å². The van der Waals surface area contributed by atoms with Crippen LogP contribution in [0.3, 0.4) is 0 Å². The Hall–Kier alpha value is -2.45. The van der Waals surface area contributed by atoms with Gasteiger partial charge in [-0.3, -0.25) is 4.79 Å². The van der Waals surface area contributed by atoms with E-state index >= 15 is 0 Å². The Bertz CT molecular complexity index is 705. The summed E-state index contributed by atoms with van der Waals surface area (Å²) in [5.74, 6) is -2.20. The van der Waals surface area contributed by atoms with Gasteiger partial charge in [-0.1, -0.05) is 17.7 Å². The first-order chi connectivity index (χ1) is 9.52. The molecule has 3 nitrogen and oxygen atoms in total. The van der Waals surface area contributed by atoms with Gasteiger partial charge in [-0.05, 0) is 30.3 Å². The van der Waals surface area contributed by atoms with Gasteiger partial charge in [-0.25, -0.2) is 8.78 Å². The van der Waals surface area contributed by atoms with Crippen LogP contribution in [-0.2, 0) is 0 Å². The topological polar surface area (TPSA) is 52.9 Å². The fraction of sp³-hybridized carbons (Fsp3) is 0. The van der Waals surface area contributed by atoms with Gasteiger partial charge in [0.15, 0.2) is 0 Å². The number of rotatable bonds is 2. The van der Waals surface area contributed by atoms with Crippen molar-refractivity contribution >= 4 is 23.2 Å². The van der Waals surface area contributed by atoms with Crippen LogP contribution in [0.2, 0.25) is 5.02 Å². The van der Waals surface area contributed by atoms with Crippen LogP contribution < -0.4 is 5.32 Å². The van der Waals surface area contributed by atoms with Gasteiger partial charge in [0.25, 0.3) is 5.91 Å². The summed E-state index contributed by atoms with van der Waals surface area (Å²) in [7, 11) is 0. The Balaban J connectivity index is 2.36. The second-order valence-corrected chi connectivity index (χ2v) is 4.26. The van der Waals surface area contributed by atoms with Gasteiger partial charge in [0.2, 0.25) is 0 Å². The molecule has 0 bridgehead atoms. The Morgan fingerprint density at radius 3 is 2.65 bits per heavy atom. The van der Waals surface area contributed by atoms with E-state index in [0.29, 0.717) is 0 Å². The van der Waals surface area contributed by atoms with E-state index in [9.17, 15) is 13.6 Å². The highest BCUT2D eigenvalue weighted by atomic mass is 35.5. The fourth-order valence-corrected chi connectivity index (χ4v) is 1.87. The smallest absolute Gasteiger partial charge is 0.260 e. The number of nitrogens with one attached hydrogen (secondary N) is 1. The van der Waals surface area contributed by atoms with Gasteiger partial charge < -0.3 is 5.32 Å². The highest BCUT2D eigenvalue weighted by Gasteiger charge is 2.17. The molecule has 6 heteroatoms. The van der Waals surface area contributed by atoms with Crippen LogP contribution in [-0.4, -0.2) is 5.91 Å². The highest BCUT2D eigenvalue weighted by molar-refractivity contribution is 6.34. The summed E-state index contributed by atoms with van der Waals surface area (Å²) in [6.45, 7) is 0. The molecular weight excluding hydrogens is 286 g/mol. The zero-order chi connectivity index (χ0) is 14.7. The first kappa shape index (κ1) is 14.0. The van der Waals surface area contributed by atoms with Crippen LogP contribution in [0, 0.1) is 23.0 Å². The number of carbonyl (C=O) groups excluding carboxylic acids is 1. The standard InChI is InChI=1S/C14H7ClF2N2O/c15-10-2-1-3-11(17)13(10)14(20)19-12-5-4-9(16)6-8(12)7-18/h1-6H,(H,19,20). The number of hydrogen-bond donors (Lipinski definition) is 1. The van der Waals surface area contributed by atoms with Crippen LogP contribution in [0.4, 0.5) is 14.5 Å². The van der Waals surface area contributed by atoms with Gasteiger partial charge in [0.05, 0.1) is 21.8 Å². The van der Waals surface area contributed by atoms with Crippen molar-refractivity contribution in [3.05, 3.63) is 64.2 Å². The van der Waals surface area contributed by atoms with E-state index < -0.39 is 17.5 Å². The zero-order valence-electron chi connectivity index (χ0n) is 9.95. The number of benzene rings is 2. The predicted octanol–water partition coefficient (Wildman–Crippen LogP) is 3.74. The van der Waals surface area contributed by atoms with Crippen molar-refractivity contribution in [2.45, 2.75) is 0 Å². The van der Waals surface area contributed by atoms with E-state index in [1.165, 1.54) is 18.2 Å². The van der Waals surface area contributed by atoms with E-state index in [1.807, 2.05) is 0 Å². The molecule has 0 heterocycles. The molecule has 0 saturated heterocycles. The number of nitriles is 1. The maximum absolute atomic E-state index is 13.6. The van der Waals surface area contributed by atoms with Crippen molar-refractivity contribution in [3.8, 4) is 6.07 Å². The Morgan fingerprint density at radius 2 is 2.00 bits per heavy atom. The lowest BCUT2D eigenvalue weighted by Crippen LogP contribution is -2.15. The molecular formula is C14H7ClF2N2O. The summed E-state index contributed by atoms with van der Waals surface area (Å²) in [6, 6.07) is 8.85. The summed E-state index contributed by atoms with van der Waals surface area (Å²) < 4.78 is 26.6. The van der Waals surface area contributed by atoms with Gasteiger partial charge in [-0.2, -0.15) is 5.26 Å². The number of carbonyl (C=O) groups is 1. The largest absolute Gasteiger partial charge is 0.321 e. The molecule has 2 rings (SSSR count). The molecule has 1 N–H and O–H groups in total. The van der Waals surface area contributed by atoms with E-state index in [1.54, 1.807) is 6.07 Å². The number of hydrogen-bond acceptors (Lipinski definition) is 2. The summed E-state index contributed by atoms with van der Waals surface area (Å²) in [5, 5.41) is 11.1. The lowest BCUT2D eigenvalue weighted by atomic mass is 10.1. The van der Waals surface area contributed by atoms with E-state index in [0.717, 1.165) is 18.2 Å². The molecule has 2 aromatic rings. The first-order valence-electron chi connectivity index (χ1n) is 5.48. The molecule has 0 atom stereocenters. The van der Waals surface area contributed by atoms with Crippen LogP contribution in [0.5, 0.6) is 0 Å². The molecule has 0 aliphatic rings. The molecule has 0 aliphatic carbocycles. The molecule has 0 spiro atoms. The average molecular weight is 293 g/mol. The molecule has 20 heavy (non-hydrogen) atoms. The minimum atomic E-state index is -0.809. The van der Waals surface area contributed by atoms with Crippen molar-refractivity contribution in [1.82, 2.24) is 0 Å². The van der Waals surface area contributed by atoms with E-state index in [-0.39, 0.29) is 21.8 Å². The summed E-state index contributed by atoms with van der Waals surface area (Å²) in [6.07, 6.45) is 0. The first-order valence-corrected chi connectivity index (χ1v) is 5.85. The summed E-state index contributed by atoms with van der Waals surface area (Å²) >= 11 is 5.76. The SMILES string of the molecule is N#Cc1cc(F)ccc1NC(=O)c1c(F)cccc1Cl. The maximum atomic E-state index is 13.6. The van der Waals surface area contributed by atoms with Gasteiger partial charge >= 0.3 is 0 Å². The van der Waals surface area contributed by atoms with Crippen LogP contribution >= 0.6 is 11.6 Å². The van der Waals surface area contributed by atoms with Crippen molar-refractivity contribution < 1.29 is 13.6 Å². The van der Waals surface area contributed by atoms with Crippen molar-refractivity contribution in [3.63, 3.8) is 0 Å². The molecule has 0 unspecified atom stereocenters. The van der Waals surface area contributed by atoms with Crippen LogP contribution in [0.1, 0.15) is 15.9 Å². The maximum Gasteiger partial charge on any atom is 0.260 e.